The van der Waals surface area contributed by atoms with Crippen LogP contribution < -0.4 is 0 Å². The van der Waals surface area contributed by atoms with Crippen molar-refractivity contribution in [3.8, 4) is 0 Å². The lowest BCUT2D eigenvalue weighted by molar-refractivity contribution is 0.0779. The molecule has 2 nitrogen and oxygen atoms in total. The van der Waals surface area contributed by atoms with Gasteiger partial charge in [-0.05, 0) is 37.3 Å². The van der Waals surface area contributed by atoms with E-state index in [9.17, 15) is 9.90 Å². The summed E-state index contributed by atoms with van der Waals surface area (Å²) in [5, 5.41) is 9.23. The summed E-state index contributed by atoms with van der Waals surface area (Å²) in [6.45, 7) is 1.51. The van der Waals surface area contributed by atoms with Gasteiger partial charge < -0.3 is 5.11 Å². The van der Waals surface area contributed by atoms with Crippen LogP contribution in [0.1, 0.15) is 48.0 Å². The molecule has 1 aliphatic carbocycles. The molecule has 1 fully saturated rings. The van der Waals surface area contributed by atoms with Crippen molar-refractivity contribution in [2.45, 2.75) is 38.2 Å². The third kappa shape index (κ3) is 2.10. The Bertz CT molecular complexity index is 365. The first-order valence-electron chi connectivity index (χ1n) is 5.50. The van der Waals surface area contributed by atoms with Gasteiger partial charge in [0.15, 0.2) is 5.78 Å². The van der Waals surface area contributed by atoms with E-state index >= 15 is 0 Å². The zero-order chi connectivity index (χ0) is 10.8. The molecule has 0 spiro atoms. The number of hydrogen-bond acceptors (Lipinski definition) is 2. The van der Waals surface area contributed by atoms with E-state index in [1.165, 1.54) is 31.7 Å². The lowest BCUT2D eigenvalue weighted by Crippen LogP contribution is -2.17. The summed E-state index contributed by atoms with van der Waals surface area (Å²) in [5.74, 6) is 0.447. The first kappa shape index (κ1) is 10.4. The summed E-state index contributed by atoms with van der Waals surface area (Å²) < 4.78 is 0. The summed E-state index contributed by atoms with van der Waals surface area (Å²) in [7, 11) is 0. The molecule has 0 saturated heterocycles. The molecule has 2 rings (SSSR count). The molecule has 1 atom stereocenters. The van der Waals surface area contributed by atoms with E-state index < -0.39 is 6.10 Å². The largest absolute Gasteiger partial charge is 0.385 e. The number of aliphatic hydroxyl groups is 1. The Morgan fingerprint density at radius 3 is 2.73 bits per heavy atom. The van der Waals surface area contributed by atoms with Crippen LogP contribution in [0.4, 0.5) is 0 Å². The van der Waals surface area contributed by atoms with Crippen molar-refractivity contribution in [1.29, 1.82) is 0 Å². The summed E-state index contributed by atoms with van der Waals surface area (Å²) in [6, 6.07) is 7.68. The van der Waals surface area contributed by atoms with E-state index in [0.717, 1.165) is 0 Å². The van der Waals surface area contributed by atoms with Crippen molar-refractivity contribution < 1.29 is 9.90 Å². The van der Waals surface area contributed by atoms with Gasteiger partial charge in [0.1, 0.15) is 6.10 Å². The van der Waals surface area contributed by atoms with Crippen LogP contribution >= 0.6 is 0 Å². The highest BCUT2D eigenvalue weighted by Gasteiger charge is 2.20. The van der Waals surface area contributed by atoms with Crippen LogP contribution in [0.15, 0.2) is 24.3 Å². The molecule has 1 saturated carbocycles. The second-order valence-electron chi connectivity index (χ2n) is 4.29. The molecule has 1 N–H and O–H groups in total. The summed E-state index contributed by atoms with van der Waals surface area (Å²) in [5.41, 5.74) is 1.88. The van der Waals surface area contributed by atoms with Crippen LogP contribution in [-0.4, -0.2) is 17.0 Å². The number of benzene rings is 1. The number of Topliss-reactive ketones (excluding diaryl/α,β-unsaturated/α-hetero) is 1. The van der Waals surface area contributed by atoms with Gasteiger partial charge in [-0.2, -0.15) is 0 Å². The van der Waals surface area contributed by atoms with Crippen LogP contribution in [0.5, 0.6) is 0 Å². The molecule has 80 valence electrons. The van der Waals surface area contributed by atoms with Gasteiger partial charge in [0, 0.05) is 5.56 Å². The Hall–Kier alpha value is -1.15. The van der Waals surface area contributed by atoms with E-state index in [0.29, 0.717) is 11.5 Å². The fraction of sp³-hybridized carbons (Fsp3) is 0.462. The molecule has 0 amide bonds. The maximum atomic E-state index is 11.6. The lowest BCUT2D eigenvalue weighted by Gasteiger charge is -2.26. The van der Waals surface area contributed by atoms with Crippen LogP contribution in [0, 0.1) is 0 Å². The van der Waals surface area contributed by atoms with E-state index in [4.69, 9.17) is 0 Å². The molecule has 1 aliphatic rings. The van der Waals surface area contributed by atoms with Gasteiger partial charge in [-0.1, -0.05) is 24.6 Å². The fourth-order valence-electron chi connectivity index (χ4n) is 1.93. The monoisotopic (exact) mass is 204 g/mol. The van der Waals surface area contributed by atoms with Crippen molar-refractivity contribution in [3.63, 3.8) is 0 Å². The number of carbonyl (C=O) groups excluding carboxylic acids is 1. The first-order chi connectivity index (χ1) is 7.18. The molecule has 0 aromatic heterocycles. The molecular formula is C13H16O2. The first-order valence-corrected chi connectivity index (χ1v) is 5.50. The van der Waals surface area contributed by atoms with Gasteiger partial charge >= 0.3 is 0 Å². The summed E-state index contributed by atoms with van der Waals surface area (Å²) in [6.07, 6.45) is 2.85. The maximum absolute atomic E-state index is 11.6. The van der Waals surface area contributed by atoms with E-state index in [1.807, 2.05) is 12.1 Å². The summed E-state index contributed by atoms with van der Waals surface area (Å²) >= 11 is 0. The Morgan fingerprint density at radius 2 is 2.20 bits per heavy atom. The van der Waals surface area contributed by atoms with Crippen LogP contribution in [-0.2, 0) is 0 Å². The summed E-state index contributed by atoms with van der Waals surface area (Å²) in [4.78, 5) is 11.6. The second-order valence-corrected chi connectivity index (χ2v) is 4.29. The zero-order valence-electron chi connectivity index (χ0n) is 8.94. The average molecular weight is 204 g/mol. The Balaban J connectivity index is 2.22. The third-order valence-electron chi connectivity index (χ3n) is 3.13. The number of carbonyl (C=O) groups is 1. The molecule has 1 aromatic carbocycles. The van der Waals surface area contributed by atoms with Gasteiger partial charge in [0.05, 0.1) is 0 Å². The zero-order valence-corrected chi connectivity index (χ0v) is 8.94. The minimum atomic E-state index is -0.901. The SMILES string of the molecule is CC(O)C(=O)c1cccc(C2CCC2)c1. The normalized spacial score (nSPS) is 18.3. The van der Waals surface area contributed by atoms with E-state index in [1.54, 1.807) is 6.07 Å². The van der Waals surface area contributed by atoms with E-state index in [2.05, 4.69) is 6.07 Å². The van der Waals surface area contributed by atoms with Gasteiger partial charge in [0.2, 0.25) is 0 Å². The van der Waals surface area contributed by atoms with Gasteiger partial charge in [0.25, 0.3) is 0 Å². The quantitative estimate of drug-likeness (QED) is 0.768. The number of hydrogen-bond donors (Lipinski definition) is 1. The third-order valence-corrected chi connectivity index (χ3v) is 3.13. The molecular weight excluding hydrogens is 188 g/mol. The predicted octanol–water partition coefficient (Wildman–Crippen LogP) is 2.52. The topological polar surface area (TPSA) is 37.3 Å². The van der Waals surface area contributed by atoms with E-state index in [-0.39, 0.29) is 5.78 Å². The van der Waals surface area contributed by atoms with Crippen molar-refractivity contribution in [2.75, 3.05) is 0 Å². The molecule has 0 aliphatic heterocycles. The lowest BCUT2D eigenvalue weighted by atomic mass is 9.79. The standard InChI is InChI=1S/C13H16O2/c1-9(14)13(15)12-7-3-6-11(8-12)10-4-2-5-10/h3,6-10,14H,2,4-5H2,1H3. The molecule has 15 heavy (non-hydrogen) atoms. The Kier molecular flexibility index (Phi) is 2.87. The molecule has 1 unspecified atom stereocenters. The predicted molar refractivity (Wildman–Crippen MR) is 59.0 cm³/mol. The molecule has 0 heterocycles. The molecule has 1 aromatic rings. The van der Waals surface area contributed by atoms with Gasteiger partial charge in [-0.3, -0.25) is 4.79 Å². The maximum Gasteiger partial charge on any atom is 0.190 e. The minimum Gasteiger partial charge on any atom is -0.385 e. The Labute approximate surface area is 89.9 Å². The van der Waals surface area contributed by atoms with Crippen molar-refractivity contribution in [2.24, 2.45) is 0 Å². The number of rotatable bonds is 3. The molecule has 2 heteroatoms. The average Bonchev–Trinajstić information content (AvgIpc) is 2.14. The molecule has 0 radical (unpaired) electrons. The number of aliphatic hydroxyl groups excluding tert-OH is 1. The van der Waals surface area contributed by atoms with Gasteiger partial charge in [-0.25, -0.2) is 0 Å². The highest BCUT2D eigenvalue weighted by atomic mass is 16.3. The smallest absolute Gasteiger partial charge is 0.190 e. The highest BCUT2D eigenvalue weighted by molar-refractivity contribution is 5.99. The number of ketones is 1. The Morgan fingerprint density at radius 1 is 1.47 bits per heavy atom. The van der Waals surface area contributed by atoms with Crippen molar-refractivity contribution in [3.05, 3.63) is 35.4 Å². The van der Waals surface area contributed by atoms with Gasteiger partial charge in [-0.15, -0.1) is 0 Å². The molecule has 0 bridgehead atoms. The van der Waals surface area contributed by atoms with Crippen molar-refractivity contribution in [1.82, 2.24) is 0 Å². The second kappa shape index (κ2) is 4.15. The van der Waals surface area contributed by atoms with Crippen LogP contribution in [0.3, 0.4) is 0 Å². The highest BCUT2D eigenvalue weighted by Crippen LogP contribution is 2.36. The fourth-order valence-corrected chi connectivity index (χ4v) is 1.93. The van der Waals surface area contributed by atoms with Crippen molar-refractivity contribution >= 4 is 5.78 Å². The van der Waals surface area contributed by atoms with Crippen LogP contribution in [0.25, 0.3) is 0 Å². The van der Waals surface area contributed by atoms with Crippen LogP contribution in [0.2, 0.25) is 0 Å². The minimum absolute atomic E-state index is 0.184.